The first kappa shape index (κ1) is 11.5. The number of amides is 1. The second kappa shape index (κ2) is 5.98. The van der Waals surface area contributed by atoms with Crippen LogP contribution in [0.4, 0.5) is 0 Å². The van der Waals surface area contributed by atoms with Gasteiger partial charge in [0, 0.05) is 26.6 Å². The lowest BCUT2D eigenvalue weighted by Gasteiger charge is -2.31. The maximum Gasteiger partial charge on any atom is 0.219 e. The number of carbonyl (C=O) groups is 1. The van der Waals surface area contributed by atoms with Crippen LogP contribution in [0.15, 0.2) is 0 Å². The number of aliphatic hydroxyl groups is 1. The molecule has 0 spiro atoms. The standard InChI is InChI=1S/C10H20N2O2/c1-9(14)12-5-2-10(3-6-12)8-11-4-7-13/h10-11,13H,2-8H2,1H3. The molecule has 1 rings (SSSR count). The summed E-state index contributed by atoms with van der Waals surface area (Å²) < 4.78 is 0. The van der Waals surface area contributed by atoms with Gasteiger partial charge in [-0.15, -0.1) is 0 Å². The van der Waals surface area contributed by atoms with E-state index in [9.17, 15) is 4.79 Å². The van der Waals surface area contributed by atoms with Crippen molar-refractivity contribution in [2.45, 2.75) is 19.8 Å². The number of aliphatic hydroxyl groups excluding tert-OH is 1. The van der Waals surface area contributed by atoms with Gasteiger partial charge in [0.1, 0.15) is 0 Å². The Labute approximate surface area is 85.3 Å². The molecule has 1 aliphatic heterocycles. The molecule has 1 aliphatic rings. The second-order valence-corrected chi connectivity index (χ2v) is 3.88. The molecule has 0 radical (unpaired) electrons. The van der Waals surface area contributed by atoms with E-state index in [1.165, 1.54) is 0 Å². The van der Waals surface area contributed by atoms with Crippen LogP contribution in [0.1, 0.15) is 19.8 Å². The molecule has 1 amide bonds. The predicted molar refractivity (Wildman–Crippen MR) is 54.9 cm³/mol. The van der Waals surface area contributed by atoms with Gasteiger partial charge in [-0.1, -0.05) is 0 Å². The summed E-state index contributed by atoms with van der Waals surface area (Å²) >= 11 is 0. The summed E-state index contributed by atoms with van der Waals surface area (Å²) in [6, 6.07) is 0. The molecule has 0 aliphatic carbocycles. The van der Waals surface area contributed by atoms with E-state index < -0.39 is 0 Å². The third kappa shape index (κ3) is 3.64. The van der Waals surface area contributed by atoms with Gasteiger partial charge in [0.15, 0.2) is 0 Å². The summed E-state index contributed by atoms with van der Waals surface area (Å²) in [7, 11) is 0. The molecule has 0 aromatic rings. The first-order valence-corrected chi connectivity index (χ1v) is 5.31. The summed E-state index contributed by atoms with van der Waals surface area (Å²) in [5.74, 6) is 0.851. The predicted octanol–water partition coefficient (Wildman–Crippen LogP) is -0.173. The number of nitrogens with one attached hydrogen (secondary N) is 1. The smallest absolute Gasteiger partial charge is 0.219 e. The Kier molecular flexibility index (Phi) is 4.90. The fourth-order valence-corrected chi connectivity index (χ4v) is 1.84. The third-order valence-corrected chi connectivity index (χ3v) is 2.78. The van der Waals surface area contributed by atoms with Crippen molar-refractivity contribution >= 4 is 5.91 Å². The van der Waals surface area contributed by atoms with Gasteiger partial charge in [-0.05, 0) is 25.3 Å². The molecule has 14 heavy (non-hydrogen) atoms. The largest absolute Gasteiger partial charge is 0.395 e. The molecule has 1 heterocycles. The quantitative estimate of drug-likeness (QED) is 0.619. The first-order valence-electron chi connectivity index (χ1n) is 5.31. The van der Waals surface area contributed by atoms with Crippen molar-refractivity contribution in [2.75, 3.05) is 32.8 Å². The zero-order chi connectivity index (χ0) is 10.4. The molecule has 0 aromatic heterocycles. The number of hydrogen-bond acceptors (Lipinski definition) is 3. The van der Waals surface area contributed by atoms with Gasteiger partial charge >= 0.3 is 0 Å². The van der Waals surface area contributed by atoms with Gasteiger partial charge < -0.3 is 15.3 Å². The van der Waals surface area contributed by atoms with Gasteiger partial charge in [0.25, 0.3) is 0 Å². The number of carbonyl (C=O) groups excluding carboxylic acids is 1. The van der Waals surface area contributed by atoms with Gasteiger partial charge in [-0.3, -0.25) is 4.79 Å². The minimum Gasteiger partial charge on any atom is -0.395 e. The lowest BCUT2D eigenvalue weighted by Crippen LogP contribution is -2.39. The molecule has 82 valence electrons. The van der Waals surface area contributed by atoms with Crippen molar-refractivity contribution in [3.8, 4) is 0 Å². The highest BCUT2D eigenvalue weighted by Gasteiger charge is 2.19. The number of nitrogens with zero attached hydrogens (tertiary/aromatic N) is 1. The Morgan fingerprint density at radius 1 is 1.50 bits per heavy atom. The Hall–Kier alpha value is -0.610. The van der Waals surface area contributed by atoms with Crippen molar-refractivity contribution in [3.05, 3.63) is 0 Å². The van der Waals surface area contributed by atoms with Gasteiger partial charge in [0.2, 0.25) is 5.91 Å². The maximum absolute atomic E-state index is 11.0. The van der Waals surface area contributed by atoms with E-state index in [1.807, 2.05) is 4.90 Å². The van der Waals surface area contributed by atoms with Crippen LogP contribution in [0.3, 0.4) is 0 Å². The molecule has 4 heteroatoms. The normalized spacial score (nSPS) is 18.6. The molecule has 2 N–H and O–H groups in total. The lowest BCUT2D eigenvalue weighted by molar-refractivity contribution is -0.130. The SMILES string of the molecule is CC(=O)N1CCC(CNCCO)CC1. The van der Waals surface area contributed by atoms with Crippen LogP contribution in [0, 0.1) is 5.92 Å². The first-order chi connectivity index (χ1) is 6.74. The lowest BCUT2D eigenvalue weighted by atomic mass is 9.97. The topological polar surface area (TPSA) is 52.6 Å². The fraction of sp³-hybridized carbons (Fsp3) is 0.900. The van der Waals surface area contributed by atoms with Gasteiger partial charge in [0.05, 0.1) is 6.61 Å². The minimum absolute atomic E-state index is 0.187. The third-order valence-electron chi connectivity index (χ3n) is 2.78. The van der Waals surface area contributed by atoms with Crippen molar-refractivity contribution in [2.24, 2.45) is 5.92 Å². The van der Waals surface area contributed by atoms with Crippen LogP contribution >= 0.6 is 0 Å². The second-order valence-electron chi connectivity index (χ2n) is 3.88. The average Bonchev–Trinajstić information content (AvgIpc) is 2.19. The van der Waals surface area contributed by atoms with Gasteiger partial charge in [-0.2, -0.15) is 0 Å². The monoisotopic (exact) mass is 200 g/mol. The van der Waals surface area contributed by atoms with E-state index in [2.05, 4.69) is 5.32 Å². The number of hydrogen-bond donors (Lipinski definition) is 2. The van der Waals surface area contributed by atoms with Gasteiger partial charge in [-0.25, -0.2) is 0 Å². The van der Waals surface area contributed by atoms with Crippen molar-refractivity contribution in [3.63, 3.8) is 0 Å². The fourth-order valence-electron chi connectivity index (χ4n) is 1.84. The summed E-state index contributed by atoms with van der Waals surface area (Å²) in [4.78, 5) is 12.9. The summed E-state index contributed by atoms with van der Waals surface area (Å²) in [5.41, 5.74) is 0. The van der Waals surface area contributed by atoms with Crippen LogP contribution in [0.5, 0.6) is 0 Å². The van der Waals surface area contributed by atoms with E-state index in [0.29, 0.717) is 12.5 Å². The van der Waals surface area contributed by atoms with Crippen molar-refractivity contribution in [1.29, 1.82) is 0 Å². The van der Waals surface area contributed by atoms with Crippen molar-refractivity contribution in [1.82, 2.24) is 10.2 Å². The highest BCUT2D eigenvalue weighted by Crippen LogP contribution is 2.15. The Morgan fingerprint density at radius 3 is 2.64 bits per heavy atom. The van der Waals surface area contributed by atoms with E-state index in [0.717, 1.165) is 32.5 Å². The summed E-state index contributed by atoms with van der Waals surface area (Å²) in [5, 5.41) is 11.8. The Morgan fingerprint density at radius 2 is 2.14 bits per heavy atom. The van der Waals surface area contributed by atoms with Crippen LogP contribution in [0.25, 0.3) is 0 Å². The maximum atomic E-state index is 11.0. The highest BCUT2D eigenvalue weighted by molar-refractivity contribution is 5.73. The van der Waals surface area contributed by atoms with Crippen LogP contribution in [0.2, 0.25) is 0 Å². The minimum atomic E-state index is 0.187. The van der Waals surface area contributed by atoms with Crippen LogP contribution in [-0.2, 0) is 4.79 Å². The van der Waals surface area contributed by atoms with E-state index >= 15 is 0 Å². The molecule has 0 atom stereocenters. The Balaban J connectivity index is 2.12. The zero-order valence-corrected chi connectivity index (χ0v) is 8.83. The molecule has 1 fully saturated rings. The average molecular weight is 200 g/mol. The Bertz CT molecular complexity index is 177. The molecule has 0 aromatic carbocycles. The molecule has 0 saturated carbocycles. The molecule has 1 saturated heterocycles. The van der Waals surface area contributed by atoms with E-state index in [-0.39, 0.29) is 12.5 Å². The summed E-state index contributed by atoms with van der Waals surface area (Å²) in [6.45, 7) is 5.25. The number of rotatable bonds is 4. The van der Waals surface area contributed by atoms with E-state index in [4.69, 9.17) is 5.11 Å². The van der Waals surface area contributed by atoms with Crippen LogP contribution in [-0.4, -0.2) is 48.7 Å². The number of likely N-dealkylation sites (tertiary alicyclic amines) is 1. The molecular formula is C10H20N2O2. The number of piperidine rings is 1. The molecule has 4 nitrogen and oxygen atoms in total. The molecule has 0 unspecified atom stereocenters. The highest BCUT2D eigenvalue weighted by atomic mass is 16.3. The van der Waals surface area contributed by atoms with Crippen molar-refractivity contribution < 1.29 is 9.90 Å². The molecule has 0 bridgehead atoms. The zero-order valence-electron chi connectivity index (χ0n) is 8.83. The van der Waals surface area contributed by atoms with Crippen LogP contribution < -0.4 is 5.32 Å². The van der Waals surface area contributed by atoms with E-state index in [1.54, 1.807) is 6.92 Å². The summed E-state index contributed by atoms with van der Waals surface area (Å²) in [6.07, 6.45) is 2.16. The molecular weight excluding hydrogens is 180 g/mol.